The molecule has 4 aliphatic carbocycles. The second-order valence-corrected chi connectivity index (χ2v) is 13.4. The van der Waals surface area contributed by atoms with Crippen molar-refractivity contribution in [2.75, 3.05) is 0 Å². The summed E-state index contributed by atoms with van der Waals surface area (Å²) in [6.45, 7) is 11.8. The Morgan fingerprint density at radius 2 is 1.50 bits per heavy atom. The van der Waals surface area contributed by atoms with Gasteiger partial charge in [0.25, 0.3) is 0 Å². The predicted octanol–water partition coefficient (Wildman–Crippen LogP) is 3.73. The topological polar surface area (TPSA) is 140 Å². The minimum absolute atomic E-state index is 0.0233. The third-order valence-corrected chi connectivity index (χ3v) is 11.1. The summed E-state index contributed by atoms with van der Waals surface area (Å²) in [7, 11) is 0. The molecule has 206 valence electrons. The second kappa shape index (κ2) is 8.62. The molecule has 0 spiro atoms. The molecular formula is C30H38O8. The molecule has 0 aromatic carbocycles. The Morgan fingerprint density at radius 3 is 2.08 bits per heavy atom. The highest BCUT2D eigenvalue weighted by atomic mass is 16.4. The van der Waals surface area contributed by atoms with Crippen LogP contribution in [0.2, 0.25) is 0 Å². The summed E-state index contributed by atoms with van der Waals surface area (Å²) in [4.78, 5) is 92.4. The molecule has 2 saturated carbocycles. The molecule has 38 heavy (non-hydrogen) atoms. The van der Waals surface area contributed by atoms with Crippen LogP contribution in [0.5, 0.6) is 0 Å². The smallest absolute Gasteiger partial charge is 0.306 e. The number of carboxylic acid groups (broad SMARTS) is 1. The number of hydrogen-bond acceptors (Lipinski definition) is 7. The van der Waals surface area contributed by atoms with Gasteiger partial charge in [-0.15, -0.1) is 0 Å². The van der Waals surface area contributed by atoms with Crippen LogP contribution in [0.4, 0.5) is 0 Å². The lowest BCUT2D eigenvalue weighted by Crippen LogP contribution is -2.62. The SMILES string of the molecule is C[C@H](CC(=O)C[C@@H](C)[C@H]1CC(=O)[C@@]2(C)C3=C(C(=O)C(=O)[C@]12C)[C@@]1(C)CCC(=O)C(C)(C)[C@@H]1CC3=O)C(=O)O. The molecule has 0 heterocycles. The van der Waals surface area contributed by atoms with Gasteiger partial charge in [0.15, 0.2) is 5.78 Å². The number of Topliss-reactive ketones (excluding diaryl/α,β-unsaturated/α-hetero) is 6. The van der Waals surface area contributed by atoms with E-state index < -0.39 is 62.9 Å². The minimum Gasteiger partial charge on any atom is -0.481 e. The molecular weight excluding hydrogens is 488 g/mol. The fraction of sp³-hybridized carbons (Fsp3) is 0.700. The zero-order chi connectivity index (χ0) is 28.7. The Balaban J connectivity index is 1.81. The third-order valence-electron chi connectivity index (χ3n) is 11.1. The van der Waals surface area contributed by atoms with Crippen LogP contribution >= 0.6 is 0 Å². The summed E-state index contributed by atoms with van der Waals surface area (Å²) in [6.07, 6.45) is 0.346. The first kappa shape index (κ1) is 28.2. The van der Waals surface area contributed by atoms with Crippen LogP contribution < -0.4 is 0 Å². The van der Waals surface area contributed by atoms with Gasteiger partial charge in [0.05, 0.1) is 16.7 Å². The Bertz CT molecular complexity index is 1240. The second-order valence-electron chi connectivity index (χ2n) is 13.4. The zero-order valence-electron chi connectivity index (χ0n) is 23.4. The molecule has 0 aliphatic heterocycles. The summed E-state index contributed by atoms with van der Waals surface area (Å²) in [5.74, 6) is -5.89. The van der Waals surface area contributed by atoms with Crippen molar-refractivity contribution in [3.63, 3.8) is 0 Å². The molecule has 0 aromatic rings. The molecule has 0 saturated heterocycles. The number of carbonyl (C=O) groups is 7. The molecule has 1 N–H and O–H groups in total. The van der Waals surface area contributed by atoms with E-state index in [4.69, 9.17) is 5.11 Å². The van der Waals surface area contributed by atoms with Gasteiger partial charge in [-0.1, -0.05) is 41.5 Å². The van der Waals surface area contributed by atoms with E-state index in [1.165, 1.54) is 6.92 Å². The van der Waals surface area contributed by atoms with Crippen LogP contribution in [0, 0.1) is 45.3 Å². The molecule has 8 nitrogen and oxygen atoms in total. The average Bonchev–Trinajstić information content (AvgIpc) is 3.03. The van der Waals surface area contributed by atoms with Crippen LogP contribution in [-0.2, 0) is 33.6 Å². The van der Waals surface area contributed by atoms with Crippen LogP contribution in [-0.4, -0.2) is 45.8 Å². The first-order valence-corrected chi connectivity index (χ1v) is 13.5. The summed E-state index contributed by atoms with van der Waals surface area (Å²) >= 11 is 0. The number of carboxylic acids is 1. The summed E-state index contributed by atoms with van der Waals surface area (Å²) in [5.41, 5.74) is -4.49. The summed E-state index contributed by atoms with van der Waals surface area (Å²) in [6, 6.07) is 0. The lowest BCUT2D eigenvalue weighted by atomic mass is 9.42. The molecule has 0 bridgehead atoms. The first-order valence-electron chi connectivity index (χ1n) is 13.5. The standard InChI is InChI=1S/C30H38O8/c1-14(10-16(31)11-15(2)26(37)38)17-12-21(34)30(7)22-18(32)13-19-27(3,4)20(33)8-9-28(19,5)23(22)24(35)25(36)29(17,30)6/h14-15,17,19H,8-13H2,1-7H3,(H,37,38)/t14-,15-,17-,19+,28+,29+,30+/m1/s1. The molecule has 7 atom stereocenters. The molecule has 0 radical (unpaired) electrons. The van der Waals surface area contributed by atoms with E-state index in [9.17, 15) is 33.6 Å². The van der Waals surface area contributed by atoms with Gasteiger partial charge in [-0.3, -0.25) is 33.6 Å². The number of allylic oxidation sites excluding steroid dienone is 2. The lowest BCUT2D eigenvalue weighted by molar-refractivity contribution is -0.156. The molecule has 0 aromatic heterocycles. The highest BCUT2D eigenvalue weighted by Gasteiger charge is 2.74. The third kappa shape index (κ3) is 3.44. The van der Waals surface area contributed by atoms with Crippen molar-refractivity contribution in [1.29, 1.82) is 0 Å². The number of carbonyl (C=O) groups excluding carboxylic acids is 6. The molecule has 0 unspecified atom stereocenters. The van der Waals surface area contributed by atoms with Gasteiger partial charge in [-0.05, 0) is 31.1 Å². The Hall–Kier alpha value is -2.77. The lowest BCUT2D eigenvalue weighted by Gasteiger charge is -2.57. The van der Waals surface area contributed by atoms with Crippen molar-refractivity contribution >= 4 is 40.7 Å². The van der Waals surface area contributed by atoms with Crippen LogP contribution in [0.25, 0.3) is 0 Å². The fourth-order valence-electron chi connectivity index (χ4n) is 8.45. The van der Waals surface area contributed by atoms with Crippen molar-refractivity contribution in [2.24, 2.45) is 45.3 Å². The van der Waals surface area contributed by atoms with E-state index in [0.717, 1.165) is 0 Å². The first-order chi connectivity index (χ1) is 17.4. The molecule has 4 aliphatic rings. The summed E-state index contributed by atoms with van der Waals surface area (Å²) < 4.78 is 0. The van der Waals surface area contributed by atoms with Crippen molar-refractivity contribution in [3.8, 4) is 0 Å². The normalized spacial score (nSPS) is 37.9. The number of rotatable bonds is 6. The molecule has 0 amide bonds. The molecule has 8 heteroatoms. The van der Waals surface area contributed by atoms with Crippen LogP contribution in [0.1, 0.15) is 87.0 Å². The molecule has 4 rings (SSSR count). The van der Waals surface area contributed by atoms with Gasteiger partial charge in [-0.25, -0.2) is 0 Å². The van der Waals surface area contributed by atoms with E-state index in [-0.39, 0.29) is 66.4 Å². The van der Waals surface area contributed by atoms with Crippen molar-refractivity contribution in [2.45, 2.75) is 87.0 Å². The minimum atomic E-state index is -1.51. The largest absolute Gasteiger partial charge is 0.481 e. The van der Waals surface area contributed by atoms with E-state index >= 15 is 0 Å². The molecule has 2 fully saturated rings. The number of fused-ring (bicyclic) bond motifs is 4. The van der Waals surface area contributed by atoms with Gasteiger partial charge in [0, 0.05) is 54.1 Å². The summed E-state index contributed by atoms with van der Waals surface area (Å²) in [5, 5.41) is 9.15. The maximum Gasteiger partial charge on any atom is 0.306 e. The van der Waals surface area contributed by atoms with Gasteiger partial charge in [0.1, 0.15) is 17.3 Å². The van der Waals surface area contributed by atoms with Gasteiger partial charge in [-0.2, -0.15) is 0 Å². The zero-order valence-corrected chi connectivity index (χ0v) is 23.4. The highest BCUT2D eigenvalue weighted by Crippen LogP contribution is 2.68. The van der Waals surface area contributed by atoms with E-state index in [1.807, 2.05) is 6.92 Å². The number of ketones is 6. The number of aliphatic carboxylic acids is 1. The van der Waals surface area contributed by atoms with Crippen LogP contribution in [0.15, 0.2) is 11.1 Å². The average molecular weight is 527 g/mol. The van der Waals surface area contributed by atoms with Crippen LogP contribution in [0.3, 0.4) is 0 Å². The maximum atomic E-state index is 14.1. The quantitative estimate of drug-likeness (QED) is 0.517. The van der Waals surface area contributed by atoms with E-state index in [0.29, 0.717) is 6.42 Å². The van der Waals surface area contributed by atoms with Gasteiger partial charge >= 0.3 is 5.97 Å². The monoisotopic (exact) mass is 526 g/mol. The van der Waals surface area contributed by atoms with Crippen molar-refractivity contribution in [3.05, 3.63) is 11.1 Å². The highest BCUT2D eigenvalue weighted by molar-refractivity contribution is 6.49. The van der Waals surface area contributed by atoms with Gasteiger partial charge < -0.3 is 5.11 Å². The van der Waals surface area contributed by atoms with E-state index in [2.05, 4.69) is 0 Å². The number of hydrogen-bond donors (Lipinski definition) is 1. The maximum absolute atomic E-state index is 14.1. The Morgan fingerprint density at radius 1 is 0.895 bits per heavy atom. The van der Waals surface area contributed by atoms with E-state index in [1.54, 1.807) is 34.6 Å². The van der Waals surface area contributed by atoms with Crippen molar-refractivity contribution in [1.82, 2.24) is 0 Å². The predicted molar refractivity (Wildman–Crippen MR) is 136 cm³/mol. The Labute approximate surface area is 223 Å². The fourth-order valence-corrected chi connectivity index (χ4v) is 8.45. The van der Waals surface area contributed by atoms with Gasteiger partial charge in [0.2, 0.25) is 11.6 Å². The van der Waals surface area contributed by atoms with Crippen molar-refractivity contribution < 1.29 is 38.7 Å². The Kier molecular flexibility index (Phi) is 6.40.